The molecule has 2 heterocycles. The van der Waals surface area contributed by atoms with Gasteiger partial charge < -0.3 is 9.47 Å². The maximum absolute atomic E-state index is 14.3. The molecular formula is C46H26O8S2. The lowest BCUT2D eigenvalue weighted by Crippen LogP contribution is -2.10. The van der Waals surface area contributed by atoms with Crippen LogP contribution in [-0.2, 0) is 32.3 Å². The molecule has 2 aliphatic rings. The van der Waals surface area contributed by atoms with Gasteiger partial charge in [-0.25, -0.2) is 9.59 Å². The Morgan fingerprint density at radius 3 is 1.21 bits per heavy atom. The fourth-order valence-electron chi connectivity index (χ4n) is 7.08. The van der Waals surface area contributed by atoms with Gasteiger partial charge in [0.1, 0.15) is 13.2 Å². The Morgan fingerprint density at radius 2 is 0.821 bits per heavy atom. The third-order valence-corrected chi connectivity index (χ3v) is 11.9. The number of carbonyl (C=O) groups is 6. The Balaban J connectivity index is 1.25. The average molecular weight is 771 g/mol. The highest BCUT2D eigenvalue weighted by atomic mass is 32.1. The number of benzene rings is 5. The van der Waals surface area contributed by atoms with Crippen LogP contribution < -0.4 is 0 Å². The van der Waals surface area contributed by atoms with Crippen LogP contribution in [0.4, 0.5) is 0 Å². The van der Waals surface area contributed by atoms with Gasteiger partial charge in [0.2, 0.25) is 23.1 Å². The number of hydrogen-bond acceptors (Lipinski definition) is 10. The maximum atomic E-state index is 14.3. The van der Waals surface area contributed by atoms with Crippen molar-refractivity contribution < 1.29 is 38.2 Å². The van der Waals surface area contributed by atoms with E-state index in [1.807, 2.05) is 60.7 Å². The van der Waals surface area contributed by atoms with Gasteiger partial charge >= 0.3 is 11.9 Å². The van der Waals surface area contributed by atoms with Gasteiger partial charge in [-0.2, -0.15) is 0 Å². The number of ether oxygens (including phenoxy) is 2. The fourth-order valence-corrected chi connectivity index (χ4v) is 9.39. The highest BCUT2D eigenvalue weighted by Gasteiger charge is 2.35. The molecule has 2 aliphatic carbocycles. The Kier molecular flexibility index (Phi) is 8.76. The molecule has 0 radical (unpaired) electrons. The number of fused-ring (bicyclic) bond motifs is 4. The summed E-state index contributed by atoms with van der Waals surface area (Å²) in [5.74, 6) is -3.80. The average Bonchev–Trinajstić information content (AvgIpc) is 3.96. The number of hydrogen-bond donors (Lipinski definition) is 0. The third-order valence-electron chi connectivity index (χ3n) is 9.73. The zero-order chi connectivity index (χ0) is 38.5. The molecule has 0 amide bonds. The van der Waals surface area contributed by atoms with Crippen LogP contribution in [0, 0.1) is 0 Å². The van der Waals surface area contributed by atoms with E-state index in [4.69, 9.17) is 9.47 Å². The summed E-state index contributed by atoms with van der Waals surface area (Å²) < 4.78 is 12.6. The molecule has 0 N–H and O–H groups in total. The molecular weight excluding hydrogens is 745 g/mol. The lowest BCUT2D eigenvalue weighted by Gasteiger charge is -2.11. The monoisotopic (exact) mass is 770 g/mol. The summed E-state index contributed by atoms with van der Waals surface area (Å²) in [5.41, 5.74) is 3.97. The molecule has 0 atom stereocenters. The number of Topliss-reactive ketones (excluding diaryl/α,β-unsaturated/α-hetero) is 4. The standard InChI is InChI=1S/C46H26O8S2/c47-39-31-17-9-7-15-29(31)33(41(39)49)19-27-21-35-37(45(51)53-23-25-11-3-1-4-12-25)43-36(38(44(35)56-27)46(52)54-24-26-13-5-2-6-14-26)22-28(55-43)20-34-30-16-8-10-18-32(30)40(48)42(34)50/h1-22H,23-24H2/b33-19-,34-20-. The summed E-state index contributed by atoms with van der Waals surface area (Å²) in [5, 5.41) is 0.783. The summed E-state index contributed by atoms with van der Waals surface area (Å²) in [7, 11) is 0. The van der Waals surface area contributed by atoms with Crippen LogP contribution in [0.2, 0.25) is 0 Å². The van der Waals surface area contributed by atoms with Crippen molar-refractivity contribution in [2.24, 2.45) is 0 Å². The van der Waals surface area contributed by atoms with E-state index in [9.17, 15) is 28.8 Å². The van der Waals surface area contributed by atoms with Crippen molar-refractivity contribution in [2.45, 2.75) is 13.2 Å². The first-order valence-electron chi connectivity index (χ1n) is 17.5. The summed E-state index contributed by atoms with van der Waals surface area (Å²) in [6.45, 7) is -0.0404. The summed E-state index contributed by atoms with van der Waals surface area (Å²) >= 11 is 2.35. The number of esters is 2. The largest absolute Gasteiger partial charge is 0.457 e. The van der Waals surface area contributed by atoms with Crippen LogP contribution >= 0.6 is 22.7 Å². The fraction of sp³-hybridized carbons (Fsp3) is 0.0435. The summed E-state index contributed by atoms with van der Waals surface area (Å²) in [6.07, 6.45) is 3.22. The Morgan fingerprint density at radius 1 is 0.464 bits per heavy atom. The molecule has 7 aromatic rings. The van der Waals surface area contributed by atoms with E-state index >= 15 is 0 Å². The second-order valence-electron chi connectivity index (χ2n) is 13.2. The SMILES string of the molecule is O=C1C(=O)c2ccccc2/C1=C/c1cc2c(C(=O)OCc3ccccc3)c3sc(/C=C4\C(=O)C(=O)c5ccccc54)cc3c(C(=O)OCc3ccccc3)c2s1. The van der Waals surface area contributed by atoms with Gasteiger partial charge in [-0.1, -0.05) is 109 Å². The van der Waals surface area contributed by atoms with E-state index in [0.29, 0.717) is 52.2 Å². The predicted octanol–water partition coefficient (Wildman–Crippen LogP) is 9.44. The number of carbonyl (C=O) groups excluding carboxylic acids is 6. The maximum Gasteiger partial charge on any atom is 0.340 e. The third kappa shape index (κ3) is 6.01. The van der Waals surface area contributed by atoms with Gasteiger partial charge in [0.05, 0.1) is 20.5 Å². The first-order valence-corrected chi connectivity index (χ1v) is 19.2. The van der Waals surface area contributed by atoms with Crippen LogP contribution in [0.5, 0.6) is 0 Å². The van der Waals surface area contributed by atoms with E-state index in [0.717, 1.165) is 11.1 Å². The molecule has 9 rings (SSSR count). The molecule has 0 saturated heterocycles. The summed E-state index contributed by atoms with van der Waals surface area (Å²) in [4.78, 5) is 81.8. The molecule has 0 fully saturated rings. The minimum absolute atomic E-state index is 0.0202. The van der Waals surface area contributed by atoms with Crippen molar-refractivity contribution in [3.8, 4) is 0 Å². The van der Waals surface area contributed by atoms with Crippen molar-refractivity contribution >= 4 is 101 Å². The topological polar surface area (TPSA) is 121 Å². The predicted molar refractivity (Wildman–Crippen MR) is 216 cm³/mol. The van der Waals surface area contributed by atoms with Gasteiger partial charge in [-0.3, -0.25) is 19.2 Å². The number of thiophene rings is 2. The van der Waals surface area contributed by atoms with Crippen LogP contribution in [-0.4, -0.2) is 35.1 Å². The van der Waals surface area contributed by atoms with Crippen LogP contribution in [0.15, 0.2) is 121 Å². The minimum Gasteiger partial charge on any atom is -0.457 e. The van der Waals surface area contributed by atoms with E-state index in [-0.39, 0.29) is 35.5 Å². The number of rotatable bonds is 8. The van der Waals surface area contributed by atoms with Gasteiger partial charge in [0.15, 0.2) is 0 Å². The van der Waals surface area contributed by atoms with Crippen molar-refractivity contribution in [1.82, 2.24) is 0 Å². The van der Waals surface area contributed by atoms with Gasteiger partial charge in [0, 0.05) is 42.8 Å². The second-order valence-corrected chi connectivity index (χ2v) is 15.3. The molecule has 270 valence electrons. The molecule has 0 saturated carbocycles. The first kappa shape index (κ1) is 34.9. The molecule has 0 aliphatic heterocycles. The molecule has 0 bridgehead atoms. The van der Waals surface area contributed by atoms with Crippen LogP contribution in [0.3, 0.4) is 0 Å². The van der Waals surface area contributed by atoms with Crippen molar-refractivity contribution in [3.63, 3.8) is 0 Å². The Labute approximate surface area is 326 Å². The number of allylic oxidation sites excluding steroid dienone is 2. The molecule has 5 aromatic carbocycles. The van der Waals surface area contributed by atoms with Crippen LogP contribution in [0.25, 0.3) is 43.5 Å². The quantitative estimate of drug-likeness (QED) is 0.0852. The highest BCUT2D eigenvalue weighted by Crippen LogP contribution is 2.45. The molecule has 2 aromatic heterocycles. The van der Waals surface area contributed by atoms with E-state index in [2.05, 4.69) is 0 Å². The number of ketones is 4. The van der Waals surface area contributed by atoms with Gasteiger partial charge in [-0.05, 0) is 46.5 Å². The molecule has 8 nitrogen and oxygen atoms in total. The molecule has 10 heteroatoms. The zero-order valence-electron chi connectivity index (χ0n) is 29.2. The Bertz CT molecular complexity index is 2660. The summed E-state index contributed by atoms with van der Waals surface area (Å²) in [6, 6.07) is 35.4. The van der Waals surface area contributed by atoms with Gasteiger partial charge in [0.25, 0.3) is 0 Å². The molecule has 0 spiro atoms. The normalized spacial score (nSPS) is 14.9. The first-order chi connectivity index (χ1) is 27.3. The Hall–Kier alpha value is -6.88. The zero-order valence-corrected chi connectivity index (χ0v) is 30.8. The second kappa shape index (κ2) is 14.1. The minimum atomic E-state index is -0.652. The van der Waals surface area contributed by atoms with E-state index < -0.39 is 35.1 Å². The van der Waals surface area contributed by atoms with Gasteiger partial charge in [-0.15, -0.1) is 22.7 Å². The van der Waals surface area contributed by atoms with Crippen LogP contribution in [0.1, 0.15) is 73.4 Å². The smallest absolute Gasteiger partial charge is 0.340 e. The molecule has 0 unspecified atom stereocenters. The molecule has 56 heavy (non-hydrogen) atoms. The van der Waals surface area contributed by atoms with E-state index in [1.54, 1.807) is 72.8 Å². The highest BCUT2D eigenvalue weighted by molar-refractivity contribution is 7.22. The van der Waals surface area contributed by atoms with Crippen molar-refractivity contribution in [2.75, 3.05) is 0 Å². The lowest BCUT2D eigenvalue weighted by atomic mass is 10.0. The van der Waals surface area contributed by atoms with Crippen molar-refractivity contribution in [3.05, 3.63) is 176 Å². The van der Waals surface area contributed by atoms with E-state index in [1.165, 1.54) is 22.7 Å². The lowest BCUT2D eigenvalue weighted by molar-refractivity contribution is -0.110. The van der Waals surface area contributed by atoms with Crippen molar-refractivity contribution in [1.29, 1.82) is 0 Å².